The highest BCUT2D eigenvalue weighted by molar-refractivity contribution is 5.88. The van der Waals surface area contributed by atoms with Crippen molar-refractivity contribution < 1.29 is 4.79 Å². The Morgan fingerprint density at radius 3 is 2.78 bits per heavy atom. The maximum absolute atomic E-state index is 10.9. The second-order valence-electron chi connectivity index (χ2n) is 3.14. The number of nitrogens with zero attached hydrogens (tertiary/aromatic N) is 2. The molecule has 0 saturated heterocycles. The first-order chi connectivity index (χ1) is 8.77. The molecule has 1 aromatic rings. The average Bonchev–Trinajstić information content (AvgIpc) is 2.40. The smallest absolute Gasteiger partial charge is 0.258 e. The van der Waals surface area contributed by atoms with E-state index in [-0.39, 0.29) is 0 Å². The van der Waals surface area contributed by atoms with Crippen LogP contribution >= 0.6 is 0 Å². The lowest BCUT2D eigenvalue weighted by atomic mass is 10.1. The molecule has 0 unspecified atom stereocenters. The van der Waals surface area contributed by atoms with E-state index in [0.29, 0.717) is 0 Å². The van der Waals surface area contributed by atoms with Crippen LogP contribution in [0.3, 0.4) is 0 Å². The van der Waals surface area contributed by atoms with Crippen molar-refractivity contribution in [3.63, 3.8) is 0 Å². The van der Waals surface area contributed by atoms with Crippen molar-refractivity contribution in [3.05, 3.63) is 61.2 Å². The van der Waals surface area contributed by atoms with Gasteiger partial charge in [-0.05, 0) is 23.3 Å². The van der Waals surface area contributed by atoms with Crippen molar-refractivity contribution in [2.24, 2.45) is 0 Å². The highest BCUT2D eigenvalue weighted by Crippen LogP contribution is 2.12. The van der Waals surface area contributed by atoms with E-state index in [9.17, 15) is 4.79 Å². The summed E-state index contributed by atoms with van der Waals surface area (Å²) in [7, 11) is 0. The van der Waals surface area contributed by atoms with Crippen LogP contribution in [-0.2, 0) is 4.79 Å². The average molecular weight is 240 g/mol. The lowest BCUT2D eigenvalue weighted by Crippen LogP contribution is -2.14. The minimum absolute atomic E-state index is 0.484. The van der Waals surface area contributed by atoms with Gasteiger partial charge in [0.25, 0.3) is 5.91 Å². The SMILES string of the molecule is C=C/C(=C\N/C=C/C(=O)NC#N)c1ccncc1. The molecule has 2 N–H and O–H groups in total. The predicted octanol–water partition coefficient (Wildman–Crippen LogP) is 1.31. The molecular formula is C13H12N4O. The molecular weight excluding hydrogens is 228 g/mol. The van der Waals surface area contributed by atoms with E-state index in [1.165, 1.54) is 18.5 Å². The second kappa shape index (κ2) is 7.41. The summed E-state index contributed by atoms with van der Waals surface area (Å²) in [5, 5.41) is 13.0. The molecule has 18 heavy (non-hydrogen) atoms. The van der Waals surface area contributed by atoms with Gasteiger partial charge in [-0.25, -0.2) is 0 Å². The van der Waals surface area contributed by atoms with Gasteiger partial charge in [-0.15, -0.1) is 0 Å². The van der Waals surface area contributed by atoms with Crippen molar-refractivity contribution in [1.29, 1.82) is 5.26 Å². The molecule has 5 nitrogen and oxygen atoms in total. The number of pyridine rings is 1. The maximum Gasteiger partial charge on any atom is 0.258 e. The molecule has 1 rings (SSSR count). The number of allylic oxidation sites excluding steroid dienone is 2. The Bertz CT molecular complexity index is 512. The molecule has 0 atom stereocenters. The lowest BCUT2D eigenvalue weighted by molar-refractivity contribution is -0.115. The molecule has 1 aromatic heterocycles. The van der Waals surface area contributed by atoms with Crippen LogP contribution in [0.2, 0.25) is 0 Å². The molecule has 1 amide bonds. The van der Waals surface area contributed by atoms with Gasteiger partial charge in [0.15, 0.2) is 6.19 Å². The molecule has 0 fully saturated rings. The first kappa shape index (κ1) is 13.2. The zero-order valence-electron chi connectivity index (χ0n) is 9.63. The van der Waals surface area contributed by atoms with Gasteiger partial charge >= 0.3 is 0 Å². The third kappa shape index (κ3) is 4.33. The molecule has 0 spiro atoms. The Morgan fingerprint density at radius 2 is 2.17 bits per heavy atom. The fourth-order valence-corrected chi connectivity index (χ4v) is 1.16. The highest BCUT2D eigenvalue weighted by atomic mass is 16.1. The number of rotatable bonds is 5. The first-order valence-electron chi connectivity index (χ1n) is 5.12. The van der Waals surface area contributed by atoms with Crippen LogP contribution in [0.25, 0.3) is 5.57 Å². The van der Waals surface area contributed by atoms with E-state index in [1.807, 2.05) is 17.4 Å². The van der Waals surface area contributed by atoms with Crippen molar-refractivity contribution in [3.8, 4) is 6.19 Å². The Kier molecular flexibility index (Phi) is 5.43. The van der Waals surface area contributed by atoms with Crippen LogP contribution in [0.5, 0.6) is 0 Å². The molecule has 0 aromatic carbocycles. The number of hydrogen-bond acceptors (Lipinski definition) is 4. The zero-order valence-corrected chi connectivity index (χ0v) is 9.63. The summed E-state index contributed by atoms with van der Waals surface area (Å²) >= 11 is 0. The molecule has 0 radical (unpaired) electrons. The summed E-state index contributed by atoms with van der Waals surface area (Å²) in [4.78, 5) is 14.8. The Morgan fingerprint density at radius 1 is 1.44 bits per heavy atom. The molecule has 0 aliphatic heterocycles. The fraction of sp³-hybridized carbons (Fsp3) is 0. The van der Waals surface area contributed by atoms with Gasteiger partial charge in [-0.2, -0.15) is 5.26 Å². The fourth-order valence-electron chi connectivity index (χ4n) is 1.16. The van der Waals surface area contributed by atoms with Crippen LogP contribution < -0.4 is 10.6 Å². The summed E-state index contributed by atoms with van der Waals surface area (Å²) < 4.78 is 0. The number of carbonyl (C=O) groups excluding carboxylic acids is 1. The summed E-state index contributed by atoms with van der Waals surface area (Å²) in [6, 6.07) is 3.70. The number of hydrogen-bond donors (Lipinski definition) is 2. The number of carbonyl (C=O) groups is 1. The van der Waals surface area contributed by atoms with Gasteiger partial charge in [0.2, 0.25) is 0 Å². The normalized spacial score (nSPS) is 10.7. The molecule has 1 heterocycles. The van der Waals surface area contributed by atoms with Gasteiger partial charge in [-0.3, -0.25) is 15.1 Å². The van der Waals surface area contributed by atoms with E-state index in [2.05, 4.69) is 16.9 Å². The molecule has 0 bridgehead atoms. The van der Waals surface area contributed by atoms with Crippen molar-refractivity contribution in [2.45, 2.75) is 0 Å². The van der Waals surface area contributed by atoms with Crippen LogP contribution in [0.15, 0.2) is 55.7 Å². The zero-order chi connectivity index (χ0) is 13.2. The van der Waals surface area contributed by atoms with E-state index in [0.717, 1.165) is 11.1 Å². The summed E-state index contributed by atoms with van der Waals surface area (Å²) in [5.41, 5.74) is 1.82. The van der Waals surface area contributed by atoms with Crippen LogP contribution in [-0.4, -0.2) is 10.9 Å². The van der Waals surface area contributed by atoms with E-state index in [4.69, 9.17) is 5.26 Å². The van der Waals surface area contributed by atoms with Gasteiger partial charge in [-0.1, -0.05) is 12.7 Å². The number of aromatic nitrogens is 1. The Hall–Kier alpha value is -2.87. The highest BCUT2D eigenvalue weighted by Gasteiger charge is 1.95. The summed E-state index contributed by atoms with van der Waals surface area (Å²) in [6.45, 7) is 3.71. The van der Waals surface area contributed by atoms with Gasteiger partial charge in [0.1, 0.15) is 0 Å². The quantitative estimate of drug-likeness (QED) is 0.352. The van der Waals surface area contributed by atoms with Crippen molar-refractivity contribution >= 4 is 11.5 Å². The third-order valence-electron chi connectivity index (χ3n) is 1.98. The van der Waals surface area contributed by atoms with Crippen molar-refractivity contribution in [2.75, 3.05) is 0 Å². The molecule has 0 aliphatic rings. The largest absolute Gasteiger partial charge is 0.367 e. The monoisotopic (exact) mass is 240 g/mol. The first-order valence-corrected chi connectivity index (χ1v) is 5.12. The number of nitrogens with one attached hydrogen (secondary N) is 2. The maximum atomic E-state index is 10.9. The minimum Gasteiger partial charge on any atom is -0.367 e. The van der Waals surface area contributed by atoms with E-state index < -0.39 is 5.91 Å². The van der Waals surface area contributed by atoms with Crippen LogP contribution in [0, 0.1) is 11.5 Å². The third-order valence-corrected chi connectivity index (χ3v) is 1.98. The Labute approximate surface area is 105 Å². The van der Waals surface area contributed by atoms with E-state index in [1.54, 1.807) is 24.7 Å². The lowest BCUT2D eigenvalue weighted by Gasteiger charge is -2.01. The van der Waals surface area contributed by atoms with Crippen molar-refractivity contribution in [1.82, 2.24) is 15.6 Å². The summed E-state index contributed by atoms with van der Waals surface area (Å²) in [6.07, 6.45) is 10.9. The van der Waals surface area contributed by atoms with E-state index >= 15 is 0 Å². The molecule has 0 saturated carbocycles. The Balaban J connectivity index is 2.63. The second-order valence-corrected chi connectivity index (χ2v) is 3.14. The summed E-state index contributed by atoms with van der Waals surface area (Å²) in [5.74, 6) is -0.484. The van der Waals surface area contributed by atoms with Crippen LogP contribution in [0.4, 0.5) is 0 Å². The molecule has 90 valence electrons. The van der Waals surface area contributed by atoms with Gasteiger partial charge in [0.05, 0.1) is 0 Å². The molecule has 5 heteroatoms. The topological polar surface area (TPSA) is 77.8 Å². The molecule has 0 aliphatic carbocycles. The van der Waals surface area contributed by atoms with Crippen LogP contribution in [0.1, 0.15) is 5.56 Å². The number of nitriles is 1. The minimum atomic E-state index is -0.484. The standard InChI is InChI=1S/C13H12N4O/c1-2-11(12-3-6-15-7-4-12)9-16-8-5-13(18)17-10-14/h2-9,16H,1H2,(H,17,18)/b8-5+,11-9+. The predicted molar refractivity (Wildman–Crippen MR) is 68.4 cm³/mol. The van der Waals surface area contributed by atoms with Gasteiger partial charge in [0, 0.05) is 30.9 Å². The van der Waals surface area contributed by atoms with Gasteiger partial charge < -0.3 is 5.32 Å². The number of amides is 1.